The van der Waals surface area contributed by atoms with Crippen LogP contribution in [0.4, 0.5) is 0 Å². The second-order valence-corrected chi connectivity index (χ2v) is 9.90. The summed E-state index contributed by atoms with van der Waals surface area (Å²) < 4.78 is 24.9. The summed E-state index contributed by atoms with van der Waals surface area (Å²) in [7, 11) is -2.90. The first kappa shape index (κ1) is 19.0. The quantitative estimate of drug-likeness (QED) is 0.761. The average Bonchev–Trinajstić information content (AvgIpc) is 3.19. The molecule has 1 fully saturated rings. The van der Waals surface area contributed by atoms with Crippen molar-refractivity contribution in [1.29, 1.82) is 0 Å². The van der Waals surface area contributed by atoms with Gasteiger partial charge in [0.1, 0.15) is 0 Å². The number of nitrogens with one attached hydrogen (secondary N) is 1. The van der Waals surface area contributed by atoms with Crippen molar-refractivity contribution in [3.8, 4) is 5.69 Å². The predicted octanol–water partition coefficient (Wildman–Crippen LogP) is 2.13. The first-order chi connectivity index (χ1) is 12.3. The summed E-state index contributed by atoms with van der Waals surface area (Å²) in [4.78, 5) is 16.5. The number of carbonyl (C=O) groups is 1. The Morgan fingerprint density at radius 1 is 1.38 bits per heavy atom. The van der Waals surface area contributed by atoms with E-state index < -0.39 is 9.84 Å². The molecule has 140 valence electrons. The largest absolute Gasteiger partial charge is 0.355 e. The summed E-state index contributed by atoms with van der Waals surface area (Å²) in [5.74, 6) is 0.592. The Labute approximate surface area is 158 Å². The molecule has 1 atom stereocenters. The van der Waals surface area contributed by atoms with Crippen LogP contribution in [0.2, 0.25) is 0 Å². The zero-order chi connectivity index (χ0) is 18.7. The highest BCUT2D eigenvalue weighted by atomic mass is 32.2. The summed E-state index contributed by atoms with van der Waals surface area (Å²) in [5, 5.41) is 3.60. The lowest BCUT2D eigenvalue weighted by Gasteiger charge is -2.12. The maximum Gasteiger partial charge on any atom is 0.230 e. The average molecular weight is 394 g/mol. The number of rotatable bonds is 6. The number of aromatic nitrogens is 2. The van der Waals surface area contributed by atoms with Crippen LogP contribution in [-0.4, -0.2) is 47.7 Å². The van der Waals surface area contributed by atoms with Gasteiger partial charge in [0.15, 0.2) is 15.0 Å². The van der Waals surface area contributed by atoms with Crippen molar-refractivity contribution in [3.05, 3.63) is 41.7 Å². The molecular weight excluding hydrogens is 370 g/mol. The zero-order valence-corrected chi connectivity index (χ0v) is 16.6. The molecule has 1 aliphatic rings. The summed E-state index contributed by atoms with van der Waals surface area (Å²) >= 11 is 1.38. The fourth-order valence-electron chi connectivity index (χ4n) is 3.03. The molecule has 8 heteroatoms. The van der Waals surface area contributed by atoms with Gasteiger partial charge >= 0.3 is 0 Å². The van der Waals surface area contributed by atoms with Crippen LogP contribution in [0.25, 0.3) is 5.69 Å². The van der Waals surface area contributed by atoms with Gasteiger partial charge in [0.05, 0.1) is 22.9 Å². The molecular formula is C18H23N3O3S2. The van der Waals surface area contributed by atoms with E-state index in [-0.39, 0.29) is 29.1 Å². The van der Waals surface area contributed by atoms with Crippen molar-refractivity contribution in [2.45, 2.75) is 25.4 Å². The molecule has 0 saturated carbocycles. The molecule has 0 radical (unpaired) electrons. The van der Waals surface area contributed by atoms with Crippen LogP contribution in [0, 0.1) is 19.8 Å². The van der Waals surface area contributed by atoms with Crippen molar-refractivity contribution in [3.63, 3.8) is 0 Å². The van der Waals surface area contributed by atoms with E-state index >= 15 is 0 Å². The molecule has 1 aromatic carbocycles. The number of amides is 1. The van der Waals surface area contributed by atoms with Gasteiger partial charge in [-0.3, -0.25) is 9.36 Å². The molecule has 3 rings (SSSR count). The molecule has 1 unspecified atom stereocenters. The van der Waals surface area contributed by atoms with E-state index in [1.165, 1.54) is 17.3 Å². The SMILES string of the molecule is Cc1ccc(C)c(-n2ccnc2SCC(=O)NCC2CCS(=O)(=O)C2)c1. The van der Waals surface area contributed by atoms with Gasteiger partial charge in [-0.2, -0.15) is 0 Å². The molecule has 2 aromatic rings. The molecule has 1 N–H and O–H groups in total. The topological polar surface area (TPSA) is 81.1 Å². The number of aryl methyl sites for hydroxylation is 2. The van der Waals surface area contributed by atoms with Crippen LogP contribution in [0.5, 0.6) is 0 Å². The normalized spacial score (nSPS) is 18.8. The number of hydrogen-bond donors (Lipinski definition) is 1. The first-order valence-corrected chi connectivity index (χ1v) is 11.4. The Morgan fingerprint density at radius 3 is 2.92 bits per heavy atom. The molecule has 26 heavy (non-hydrogen) atoms. The number of benzene rings is 1. The van der Waals surface area contributed by atoms with Gasteiger partial charge < -0.3 is 5.32 Å². The summed E-state index contributed by atoms with van der Waals surface area (Å²) in [6.45, 7) is 4.51. The number of sulfone groups is 1. The van der Waals surface area contributed by atoms with Gasteiger partial charge in [0.25, 0.3) is 0 Å². The molecule has 1 saturated heterocycles. The minimum atomic E-state index is -2.90. The van der Waals surface area contributed by atoms with Crippen LogP contribution >= 0.6 is 11.8 Å². The monoisotopic (exact) mass is 393 g/mol. The maximum absolute atomic E-state index is 12.1. The molecule has 6 nitrogen and oxygen atoms in total. The van der Waals surface area contributed by atoms with E-state index in [0.29, 0.717) is 13.0 Å². The van der Waals surface area contributed by atoms with Crippen molar-refractivity contribution in [2.75, 3.05) is 23.8 Å². The van der Waals surface area contributed by atoms with Crippen LogP contribution < -0.4 is 5.32 Å². The Morgan fingerprint density at radius 2 is 2.19 bits per heavy atom. The Bertz CT molecular complexity index is 906. The highest BCUT2D eigenvalue weighted by molar-refractivity contribution is 7.99. The van der Waals surface area contributed by atoms with Gasteiger partial charge in [-0.15, -0.1) is 0 Å². The number of imidazole rings is 1. The number of thioether (sulfide) groups is 1. The van der Waals surface area contributed by atoms with Gasteiger partial charge in [-0.05, 0) is 43.4 Å². The van der Waals surface area contributed by atoms with Crippen molar-refractivity contribution < 1.29 is 13.2 Å². The Kier molecular flexibility index (Phi) is 5.72. The lowest BCUT2D eigenvalue weighted by Crippen LogP contribution is -2.31. The van der Waals surface area contributed by atoms with E-state index in [1.807, 2.05) is 24.6 Å². The third-order valence-electron chi connectivity index (χ3n) is 4.48. The van der Waals surface area contributed by atoms with Gasteiger partial charge in [-0.1, -0.05) is 23.9 Å². The van der Waals surface area contributed by atoms with Crippen molar-refractivity contribution in [1.82, 2.24) is 14.9 Å². The zero-order valence-electron chi connectivity index (χ0n) is 14.9. The minimum Gasteiger partial charge on any atom is -0.355 e. The molecule has 1 aliphatic heterocycles. The minimum absolute atomic E-state index is 0.0332. The van der Waals surface area contributed by atoms with Crippen LogP contribution in [-0.2, 0) is 14.6 Å². The van der Waals surface area contributed by atoms with Gasteiger partial charge in [0.2, 0.25) is 5.91 Å². The van der Waals surface area contributed by atoms with Crippen LogP contribution in [0.1, 0.15) is 17.5 Å². The Balaban J connectivity index is 1.56. The van der Waals surface area contributed by atoms with Crippen LogP contribution in [0.15, 0.2) is 35.7 Å². The molecule has 1 aromatic heterocycles. The van der Waals surface area contributed by atoms with E-state index in [4.69, 9.17) is 0 Å². The maximum atomic E-state index is 12.1. The van der Waals surface area contributed by atoms with E-state index in [9.17, 15) is 13.2 Å². The van der Waals surface area contributed by atoms with E-state index in [2.05, 4.69) is 28.5 Å². The third kappa shape index (κ3) is 4.67. The van der Waals surface area contributed by atoms with E-state index in [1.54, 1.807) is 6.20 Å². The van der Waals surface area contributed by atoms with Crippen molar-refractivity contribution >= 4 is 27.5 Å². The standard InChI is InChI=1S/C18H23N3O3S2/c1-13-3-4-14(2)16(9-13)21-7-6-19-18(21)25-11-17(22)20-10-15-5-8-26(23,24)12-15/h3-4,6-7,9,15H,5,8,10-12H2,1-2H3,(H,20,22). The summed E-state index contributed by atoms with van der Waals surface area (Å²) in [6.07, 6.45) is 4.25. The fraction of sp³-hybridized carbons (Fsp3) is 0.444. The smallest absolute Gasteiger partial charge is 0.230 e. The molecule has 1 amide bonds. The molecule has 0 aliphatic carbocycles. The highest BCUT2D eigenvalue weighted by Gasteiger charge is 2.27. The summed E-state index contributed by atoms with van der Waals surface area (Å²) in [5.41, 5.74) is 3.36. The van der Waals surface area contributed by atoms with E-state index in [0.717, 1.165) is 16.4 Å². The predicted molar refractivity (Wildman–Crippen MR) is 104 cm³/mol. The summed E-state index contributed by atoms with van der Waals surface area (Å²) in [6, 6.07) is 6.24. The number of carbonyl (C=O) groups excluding carboxylic acids is 1. The highest BCUT2D eigenvalue weighted by Crippen LogP contribution is 2.23. The fourth-order valence-corrected chi connectivity index (χ4v) is 5.69. The van der Waals surface area contributed by atoms with Gasteiger partial charge in [0, 0.05) is 18.9 Å². The first-order valence-electron chi connectivity index (χ1n) is 8.55. The molecule has 0 bridgehead atoms. The third-order valence-corrected chi connectivity index (χ3v) is 7.28. The number of hydrogen-bond acceptors (Lipinski definition) is 5. The lowest BCUT2D eigenvalue weighted by molar-refractivity contribution is -0.118. The van der Waals surface area contributed by atoms with Crippen molar-refractivity contribution in [2.24, 2.45) is 5.92 Å². The van der Waals surface area contributed by atoms with Gasteiger partial charge in [-0.25, -0.2) is 13.4 Å². The molecule has 0 spiro atoms. The van der Waals surface area contributed by atoms with Crippen LogP contribution in [0.3, 0.4) is 0 Å². The lowest BCUT2D eigenvalue weighted by atomic mass is 10.1. The second-order valence-electron chi connectivity index (χ2n) is 6.73. The number of nitrogens with zero attached hydrogens (tertiary/aromatic N) is 2. The molecule has 2 heterocycles. The Hall–Kier alpha value is -1.80. The second kappa shape index (κ2) is 7.84.